The Morgan fingerprint density at radius 3 is 2.79 bits per heavy atom. The van der Waals surface area contributed by atoms with Crippen LogP contribution in [0.15, 0.2) is 23.2 Å². The number of thioether (sulfide) groups is 1. The van der Waals surface area contributed by atoms with Gasteiger partial charge in [0, 0.05) is 5.56 Å². The molecule has 6 nitrogen and oxygen atoms in total. The molecule has 0 radical (unpaired) electrons. The van der Waals surface area contributed by atoms with Crippen LogP contribution < -0.4 is 10.6 Å². The molecular weight excluding hydrogens is 347 g/mol. The summed E-state index contributed by atoms with van der Waals surface area (Å²) in [6, 6.07) is 3.92. The van der Waals surface area contributed by atoms with Gasteiger partial charge in [-0.15, -0.1) is 0 Å². The van der Waals surface area contributed by atoms with Crippen LogP contribution in [-0.4, -0.2) is 35.6 Å². The van der Waals surface area contributed by atoms with Crippen molar-refractivity contribution < 1.29 is 27.5 Å². The van der Waals surface area contributed by atoms with Gasteiger partial charge in [0.15, 0.2) is 5.17 Å². The molecule has 10 heteroatoms. The highest BCUT2D eigenvalue weighted by molar-refractivity contribution is 8.15. The first kappa shape index (κ1) is 18.3. The standard InChI is InChI=1S/C14H14F3N3O3S/c1-8-2-3-9(5-23-7-14(15,16)17)10(4-8)20-11(21)6-24-13(20)19-12(18)22/h2-4H,5-7H2,1H3,(H2,18,22). The molecular formula is C14H14F3N3O3S. The van der Waals surface area contributed by atoms with Crippen LogP contribution in [-0.2, 0) is 16.1 Å². The number of anilines is 1. The molecule has 0 unspecified atom stereocenters. The molecule has 1 fully saturated rings. The quantitative estimate of drug-likeness (QED) is 0.893. The van der Waals surface area contributed by atoms with E-state index in [-0.39, 0.29) is 23.4 Å². The van der Waals surface area contributed by atoms with Crippen molar-refractivity contribution in [2.45, 2.75) is 19.7 Å². The molecule has 1 aliphatic rings. The number of carbonyl (C=O) groups is 2. The molecule has 0 saturated carbocycles. The molecule has 0 aliphatic carbocycles. The molecule has 0 spiro atoms. The average molecular weight is 361 g/mol. The van der Waals surface area contributed by atoms with Gasteiger partial charge in [-0.3, -0.25) is 9.69 Å². The number of nitrogens with zero attached hydrogens (tertiary/aromatic N) is 2. The van der Waals surface area contributed by atoms with Gasteiger partial charge in [-0.05, 0) is 18.6 Å². The molecule has 0 aromatic heterocycles. The zero-order chi connectivity index (χ0) is 17.9. The molecule has 1 aromatic carbocycles. The molecule has 1 aromatic rings. The predicted molar refractivity (Wildman–Crippen MR) is 83.9 cm³/mol. The van der Waals surface area contributed by atoms with E-state index in [9.17, 15) is 22.8 Å². The Morgan fingerprint density at radius 1 is 1.46 bits per heavy atom. The maximum atomic E-state index is 12.2. The van der Waals surface area contributed by atoms with Crippen LogP contribution in [0.3, 0.4) is 0 Å². The van der Waals surface area contributed by atoms with E-state index in [1.54, 1.807) is 25.1 Å². The lowest BCUT2D eigenvalue weighted by atomic mass is 10.1. The molecule has 0 bridgehead atoms. The summed E-state index contributed by atoms with van der Waals surface area (Å²) in [6.07, 6.45) is -4.44. The molecule has 1 saturated heterocycles. The monoisotopic (exact) mass is 361 g/mol. The molecule has 3 amide bonds. The molecule has 2 rings (SSSR count). The number of aryl methyl sites for hydroxylation is 1. The lowest BCUT2D eigenvalue weighted by Gasteiger charge is -2.20. The number of hydrogen-bond donors (Lipinski definition) is 1. The molecule has 2 N–H and O–H groups in total. The molecule has 130 valence electrons. The van der Waals surface area contributed by atoms with Crippen molar-refractivity contribution in [1.29, 1.82) is 0 Å². The fourth-order valence-corrected chi connectivity index (χ4v) is 2.92. The fraction of sp³-hybridized carbons (Fsp3) is 0.357. The van der Waals surface area contributed by atoms with E-state index in [2.05, 4.69) is 9.73 Å². The van der Waals surface area contributed by atoms with Crippen LogP contribution in [0.25, 0.3) is 0 Å². The Bertz CT molecular complexity index is 692. The SMILES string of the molecule is Cc1ccc(COCC(F)(F)F)c(N2C(=O)CSC2=NC(N)=O)c1. The maximum absolute atomic E-state index is 12.2. The molecule has 1 aliphatic heterocycles. The minimum atomic E-state index is -4.44. The molecule has 1 heterocycles. The number of nitrogens with two attached hydrogens (primary N) is 1. The van der Waals surface area contributed by atoms with Crippen molar-refractivity contribution in [1.82, 2.24) is 0 Å². The number of urea groups is 1. The summed E-state index contributed by atoms with van der Waals surface area (Å²) in [5, 5.41) is 0.0928. The van der Waals surface area contributed by atoms with Crippen LogP contribution in [0, 0.1) is 6.92 Å². The zero-order valence-electron chi connectivity index (χ0n) is 12.6. The number of benzene rings is 1. The smallest absolute Gasteiger partial charge is 0.367 e. The van der Waals surface area contributed by atoms with Crippen LogP contribution >= 0.6 is 11.8 Å². The predicted octanol–water partition coefficient (Wildman–Crippen LogP) is 2.59. The third kappa shape index (κ3) is 4.71. The number of primary amides is 1. The van der Waals surface area contributed by atoms with Crippen molar-refractivity contribution in [2.24, 2.45) is 10.7 Å². The van der Waals surface area contributed by atoms with E-state index in [4.69, 9.17) is 5.73 Å². The minimum absolute atomic E-state index is 0.0584. The summed E-state index contributed by atoms with van der Waals surface area (Å²) in [5.41, 5.74) is 6.51. The second-order valence-electron chi connectivity index (χ2n) is 4.99. The van der Waals surface area contributed by atoms with Crippen molar-refractivity contribution in [3.05, 3.63) is 29.3 Å². The summed E-state index contributed by atoms with van der Waals surface area (Å²) in [5.74, 6) is -0.286. The number of rotatable bonds is 4. The largest absolute Gasteiger partial charge is 0.411 e. The molecule has 0 atom stereocenters. The second-order valence-corrected chi connectivity index (χ2v) is 5.93. The number of aliphatic imine (C=N–C) groups is 1. The lowest BCUT2D eigenvalue weighted by Crippen LogP contribution is -2.31. The van der Waals surface area contributed by atoms with Gasteiger partial charge >= 0.3 is 12.2 Å². The van der Waals surface area contributed by atoms with Crippen LogP contribution in [0.1, 0.15) is 11.1 Å². The van der Waals surface area contributed by atoms with Crippen LogP contribution in [0.2, 0.25) is 0 Å². The normalized spacial score (nSPS) is 16.9. The van der Waals surface area contributed by atoms with Gasteiger partial charge in [0.1, 0.15) is 6.61 Å². The third-order valence-corrected chi connectivity index (χ3v) is 3.90. The Labute approximate surface area is 139 Å². The van der Waals surface area contributed by atoms with Crippen molar-refractivity contribution in [3.63, 3.8) is 0 Å². The second kappa shape index (κ2) is 7.22. The van der Waals surface area contributed by atoms with E-state index in [0.717, 1.165) is 17.3 Å². The Balaban J connectivity index is 2.32. The maximum Gasteiger partial charge on any atom is 0.411 e. The first-order valence-electron chi connectivity index (χ1n) is 6.75. The summed E-state index contributed by atoms with van der Waals surface area (Å²) in [7, 11) is 0. The van der Waals surface area contributed by atoms with E-state index in [1.807, 2.05) is 0 Å². The van der Waals surface area contributed by atoms with Crippen molar-refractivity contribution in [2.75, 3.05) is 17.3 Å². The number of halogens is 3. The first-order valence-corrected chi connectivity index (χ1v) is 7.74. The van der Waals surface area contributed by atoms with Crippen LogP contribution in [0.4, 0.5) is 23.7 Å². The number of amides is 3. The number of hydrogen-bond acceptors (Lipinski definition) is 4. The van der Waals surface area contributed by atoms with Crippen LogP contribution in [0.5, 0.6) is 0 Å². The summed E-state index contributed by atoms with van der Waals surface area (Å²) >= 11 is 1.03. The van der Waals surface area contributed by atoms with E-state index in [0.29, 0.717) is 11.3 Å². The highest BCUT2D eigenvalue weighted by Crippen LogP contribution is 2.31. The van der Waals surface area contributed by atoms with E-state index >= 15 is 0 Å². The van der Waals surface area contributed by atoms with Gasteiger partial charge in [-0.2, -0.15) is 18.2 Å². The Hall–Kier alpha value is -2.07. The van der Waals surface area contributed by atoms with Gasteiger partial charge < -0.3 is 10.5 Å². The van der Waals surface area contributed by atoms with E-state index in [1.165, 1.54) is 4.90 Å². The number of amidine groups is 1. The van der Waals surface area contributed by atoms with E-state index < -0.39 is 18.8 Å². The Morgan fingerprint density at radius 2 is 2.17 bits per heavy atom. The lowest BCUT2D eigenvalue weighted by molar-refractivity contribution is -0.176. The van der Waals surface area contributed by atoms with Gasteiger partial charge in [-0.1, -0.05) is 23.9 Å². The topological polar surface area (TPSA) is 85.0 Å². The highest BCUT2D eigenvalue weighted by atomic mass is 32.2. The number of ether oxygens (including phenoxy) is 1. The average Bonchev–Trinajstić information content (AvgIpc) is 2.79. The number of carbonyl (C=O) groups excluding carboxylic acids is 2. The summed E-state index contributed by atoms with van der Waals surface area (Å²) < 4.78 is 41.4. The third-order valence-electron chi connectivity index (χ3n) is 2.98. The zero-order valence-corrected chi connectivity index (χ0v) is 13.4. The molecule has 24 heavy (non-hydrogen) atoms. The van der Waals surface area contributed by atoms with Crippen molar-refractivity contribution >= 4 is 34.6 Å². The van der Waals surface area contributed by atoms with Gasteiger partial charge in [0.05, 0.1) is 18.0 Å². The van der Waals surface area contributed by atoms with Gasteiger partial charge in [0.25, 0.3) is 0 Å². The fourth-order valence-electron chi connectivity index (χ4n) is 2.06. The summed E-state index contributed by atoms with van der Waals surface area (Å²) in [4.78, 5) is 27.9. The highest BCUT2D eigenvalue weighted by Gasteiger charge is 2.32. The Kier molecular flexibility index (Phi) is 5.50. The summed E-state index contributed by atoms with van der Waals surface area (Å²) in [6.45, 7) is 0.0289. The van der Waals surface area contributed by atoms with Crippen molar-refractivity contribution in [3.8, 4) is 0 Å². The first-order chi connectivity index (χ1) is 11.2. The van der Waals surface area contributed by atoms with Gasteiger partial charge in [0.2, 0.25) is 5.91 Å². The number of alkyl halides is 3. The van der Waals surface area contributed by atoms with Gasteiger partial charge in [-0.25, -0.2) is 4.79 Å². The minimum Gasteiger partial charge on any atom is -0.367 e.